The van der Waals surface area contributed by atoms with E-state index in [9.17, 15) is 0 Å². The van der Waals surface area contributed by atoms with Crippen LogP contribution in [0.4, 0.5) is 0 Å². The van der Waals surface area contributed by atoms with E-state index in [-0.39, 0.29) is 83.6 Å². The van der Waals surface area contributed by atoms with Crippen molar-refractivity contribution in [1.82, 2.24) is 0 Å². The fraction of sp³-hybridized carbons (Fsp3) is 0.0385. The van der Waals surface area contributed by atoms with Gasteiger partial charge in [0.1, 0.15) is 0 Å². The maximum Gasteiger partial charge on any atom is 0.00405 e. The molecule has 13 heteroatoms. The van der Waals surface area contributed by atoms with Crippen molar-refractivity contribution in [2.45, 2.75) is 0 Å². The second kappa shape index (κ2) is 48.0. The van der Waals surface area contributed by atoms with Crippen LogP contribution in [-0.2, 0) is 97.6 Å². The van der Waals surface area contributed by atoms with Crippen molar-refractivity contribution in [1.29, 1.82) is 0 Å². The second-order valence-electron chi connectivity index (χ2n) is 19.0. The summed E-state index contributed by atoms with van der Waals surface area (Å²) in [6.45, 7) is 13.5. The minimum Gasteiger partial charge on any atom is -0.0622 e. The Hall–Kier alpha value is -4.83. The van der Waals surface area contributed by atoms with Gasteiger partial charge in [-0.1, -0.05) is 364 Å². The molecule has 0 aliphatic carbocycles. The van der Waals surface area contributed by atoms with Gasteiger partial charge in [-0.2, -0.15) is 0 Å². The number of hydrogen-bond donors (Lipinski definition) is 0. The Morgan fingerprint density at radius 1 is 0.154 bits per heavy atom. The molecule has 463 valence electrons. The summed E-state index contributed by atoms with van der Waals surface area (Å²) in [6, 6.07) is 132. The molecular weight excluding hydrogens is 1940 g/mol. The van der Waals surface area contributed by atoms with Crippen LogP contribution >= 0.6 is 47.5 Å². The van der Waals surface area contributed by atoms with Crippen LogP contribution in [0.25, 0.3) is 0 Å². The van der Waals surface area contributed by atoms with Gasteiger partial charge in [-0.15, -0.1) is 0 Å². The summed E-state index contributed by atoms with van der Waals surface area (Å²) in [4.78, 5) is 0. The van der Waals surface area contributed by atoms with Crippen molar-refractivity contribution in [3.05, 3.63) is 384 Å². The molecule has 0 bridgehead atoms. The molecule has 3 nitrogen and oxygen atoms in total. The maximum atomic E-state index is 7.50. The van der Waals surface area contributed by atoms with E-state index in [1.165, 1.54) is 81.4 Å². The van der Waals surface area contributed by atoms with Crippen LogP contribution in [0.5, 0.6) is 0 Å². The minimum atomic E-state index is -0.409. The van der Waals surface area contributed by atoms with Crippen LogP contribution in [-0.4, -0.2) is 17.7 Å². The first-order chi connectivity index (χ1) is 43.2. The summed E-state index contributed by atoms with van der Waals surface area (Å²) >= 11 is 0. The van der Waals surface area contributed by atoms with E-state index < -0.39 is 47.5 Å². The predicted molar refractivity (Wildman–Crippen MR) is 381 cm³/mol. The maximum absolute atomic E-state index is 7.50. The molecule has 0 N–H and O–H groups in total. The van der Waals surface area contributed by atoms with Crippen LogP contribution in [0.3, 0.4) is 0 Å². The molecule has 12 aromatic carbocycles. The minimum absolute atomic E-state index is 0. The second-order valence-corrected chi connectivity index (χ2v) is 33.7. The summed E-state index contributed by atoms with van der Waals surface area (Å²) in [7, 11) is -2.45. The Kier molecular flexibility index (Phi) is 42.4. The fourth-order valence-electron chi connectivity index (χ4n) is 9.59. The van der Waals surface area contributed by atoms with E-state index in [0.29, 0.717) is 0 Å². The molecule has 0 aliphatic rings. The Labute approximate surface area is 604 Å². The van der Waals surface area contributed by atoms with E-state index in [0.717, 1.165) is 0 Å². The number of rotatable bonds is 18. The first-order valence-electron chi connectivity index (χ1n) is 28.1. The molecule has 0 aliphatic heterocycles. The summed E-state index contributed by atoms with van der Waals surface area (Å²) in [6.07, 6.45) is 0. The van der Waals surface area contributed by atoms with E-state index in [4.69, 9.17) is 14.0 Å². The van der Waals surface area contributed by atoms with Crippen molar-refractivity contribution >= 4 is 111 Å². The molecule has 12 aromatic rings. The fourth-order valence-corrected chi connectivity index (χ4v) is 29.0. The third kappa shape index (κ3) is 25.8. The molecule has 0 atom stereocenters. The SMILES string of the molecule is [C-]#[O+].[C-]#[O+].[C-]#[O+].[Pt].[Pt].[Pt].[Re].c1ccc(P(CP(c2ccccc2)c2ccccc2)c2ccccc2)cc1.c1ccc(P(CP(c2ccccc2)c2ccccc2)c2ccccc2)cc1.c1ccc(P(CP(c2ccccc2)c2ccccc2)c2ccccc2)cc1. The average molecular weight is 2010 g/mol. The van der Waals surface area contributed by atoms with E-state index in [1.807, 2.05) is 0 Å². The van der Waals surface area contributed by atoms with Crippen LogP contribution in [0.1, 0.15) is 0 Å². The largest absolute Gasteiger partial charge is 0.0622 e. The van der Waals surface area contributed by atoms with Crippen molar-refractivity contribution < 1.29 is 97.6 Å². The molecule has 12 rings (SSSR count). The zero-order valence-electron chi connectivity index (χ0n) is 49.5. The van der Waals surface area contributed by atoms with Crippen LogP contribution < -0.4 is 63.7 Å². The normalized spacial score (nSPS) is 9.89. The molecule has 0 amide bonds. The molecule has 0 saturated carbocycles. The molecule has 0 saturated heterocycles. The van der Waals surface area contributed by atoms with Crippen LogP contribution in [0.2, 0.25) is 0 Å². The van der Waals surface area contributed by atoms with Gasteiger partial charge in [-0.3, -0.25) is 0 Å². The Morgan fingerprint density at radius 3 is 0.286 bits per heavy atom. The van der Waals surface area contributed by atoms with Gasteiger partial charge in [0.25, 0.3) is 0 Å². The molecule has 1 radical (unpaired) electrons. The van der Waals surface area contributed by atoms with Gasteiger partial charge in [0.15, 0.2) is 0 Å². The Bertz CT molecular complexity index is 2910. The van der Waals surface area contributed by atoms with E-state index in [2.05, 4.69) is 384 Å². The topological polar surface area (TPSA) is 59.7 Å². The molecule has 0 unspecified atom stereocenters. The first kappa shape index (κ1) is 80.4. The van der Waals surface area contributed by atoms with Gasteiger partial charge in [0, 0.05) is 101 Å². The van der Waals surface area contributed by atoms with Crippen molar-refractivity contribution in [3.8, 4) is 0 Å². The molecule has 91 heavy (non-hydrogen) atoms. The van der Waals surface area contributed by atoms with Gasteiger partial charge in [0.2, 0.25) is 0 Å². The van der Waals surface area contributed by atoms with Crippen molar-refractivity contribution in [2.24, 2.45) is 0 Å². The van der Waals surface area contributed by atoms with Gasteiger partial charge < -0.3 is 0 Å². The van der Waals surface area contributed by atoms with E-state index in [1.54, 1.807) is 0 Å². The van der Waals surface area contributed by atoms with Gasteiger partial charge in [-0.25, -0.2) is 0 Å². The van der Waals surface area contributed by atoms with Gasteiger partial charge in [0.05, 0.1) is 0 Å². The predicted octanol–water partition coefficient (Wildman–Crippen LogP) is 15.5. The summed E-state index contributed by atoms with van der Waals surface area (Å²) in [5, 5.41) is 17.5. The quantitative estimate of drug-likeness (QED) is 0.0467. The standard InChI is InChI=1S/3C25H22P2.3CO.3Pt.Re/c3*1-5-13-22(14-6-1)26(23-15-7-2-8-16-23)21-27(24-17-9-3-10-18-24)25-19-11-4-12-20-25;3*1-2;;;;/h3*1-20H,21H2;;;;;;;. The van der Waals surface area contributed by atoms with Crippen molar-refractivity contribution in [3.63, 3.8) is 0 Å². The number of benzene rings is 12. The molecule has 0 aromatic heterocycles. The van der Waals surface area contributed by atoms with Gasteiger partial charge >= 0.3 is 33.9 Å². The Balaban J connectivity index is 0.000000335. The molecule has 0 spiro atoms. The van der Waals surface area contributed by atoms with Gasteiger partial charge in [-0.05, 0) is 111 Å². The summed E-state index contributed by atoms with van der Waals surface area (Å²) in [5.74, 6) is 3.52. The third-order valence-corrected chi connectivity index (χ3v) is 31.5. The molecule has 0 fully saturated rings. The first-order valence-corrected chi connectivity index (χ1v) is 37.3. The van der Waals surface area contributed by atoms with Crippen LogP contribution in [0.15, 0.2) is 364 Å². The smallest absolute Gasteiger partial charge is 0.00405 e. The number of hydrogen-bond acceptors (Lipinski definition) is 0. The average Bonchev–Trinajstić information content (AvgIpc) is 2.29. The molecular formula is C78H66O3P6Pt3Re. The molecule has 0 heterocycles. The van der Waals surface area contributed by atoms with Crippen LogP contribution in [0, 0.1) is 20.0 Å². The summed E-state index contributed by atoms with van der Waals surface area (Å²) in [5.41, 5.74) is 0. The van der Waals surface area contributed by atoms with E-state index >= 15 is 0 Å². The Morgan fingerprint density at radius 2 is 0.220 bits per heavy atom. The summed E-state index contributed by atoms with van der Waals surface area (Å²) < 4.78 is 22.5. The van der Waals surface area contributed by atoms with Crippen molar-refractivity contribution in [2.75, 3.05) is 17.7 Å². The zero-order chi connectivity index (χ0) is 60.9. The monoisotopic (exact) mass is 2010 g/mol. The third-order valence-electron chi connectivity index (χ3n) is 13.7. The zero-order valence-corrected chi connectivity index (χ0v) is 64.4.